The van der Waals surface area contributed by atoms with Gasteiger partial charge in [-0.1, -0.05) is 18.2 Å². The molecule has 8 heteroatoms. The largest absolute Gasteiger partial charge is 0.497 e. The Morgan fingerprint density at radius 1 is 0.719 bits per heavy atom. The van der Waals surface area contributed by atoms with E-state index < -0.39 is 10.1 Å². The van der Waals surface area contributed by atoms with Crippen LogP contribution in [-0.4, -0.2) is 27.2 Å². The minimum Gasteiger partial charge on any atom is -0.497 e. The van der Waals surface area contributed by atoms with Gasteiger partial charge in [0.25, 0.3) is 10.1 Å². The van der Waals surface area contributed by atoms with Gasteiger partial charge >= 0.3 is 0 Å². The Morgan fingerprint density at radius 2 is 1.28 bits per heavy atom. The summed E-state index contributed by atoms with van der Waals surface area (Å²) in [6.45, 7) is 0. The number of nitrogens with one attached hydrogen (secondary N) is 2. The van der Waals surface area contributed by atoms with Gasteiger partial charge in [0.05, 0.1) is 25.6 Å². The van der Waals surface area contributed by atoms with Gasteiger partial charge in [-0.25, -0.2) is 0 Å². The molecule has 32 heavy (non-hydrogen) atoms. The number of hydrogen-bond donors (Lipinski definition) is 3. The average molecular weight is 451 g/mol. The molecule has 0 spiro atoms. The van der Waals surface area contributed by atoms with E-state index in [4.69, 9.17) is 9.47 Å². The van der Waals surface area contributed by atoms with Crippen LogP contribution in [0.1, 0.15) is 0 Å². The molecule has 0 saturated carbocycles. The quantitative estimate of drug-likeness (QED) is 0.316. The first-order chi connectivity index (χ1) is 15.4. The molecule has 3 N–H and O–H groups in total. The van der Waals surface area contributed by atoms with E-state index in [1.54, 1.807) is 44.6 Å². The molecular formula is C24H22N2O5S. The fourth-order valence-corrected chi connectivity index (χ4v) is 4.17. The summed E-state index contributed by atoms with van der Waals surface area (Å²) in [5.41, 5.74) is 2.65. The van der Waals surface area contributed by atoms with Gasteiger partial charge in [0.15, 0.2) is 0 Å². The van der Waals surface area contributed by atoms with Crippen molar-refractivity contribution in [3.63, 3.8) is 0 Å². The molecule has 164 valence electrons. The Bertz CT molecular complexity index is 1350. The van der Waals surface area contributed by atoms with Gasteiger partial charge in [-0.2, -0.15) is 8.42 Å². The van der Waals surface area contributed by atoms with Crippen molar-refractivity contribution >= 4 is 43.6 Å². The third-order valence-corrected chi connectivity index (χ3v) is 5.91. The zero-order chi connectivity index (χ0) is 22.7. The number of hydrogen-bond acceptors (Lipinski definition) is 6. The predicted molar refractivity (Wildman–Crippen MR) is 126 cm³/mol. The van der Waals surface area contributed by atoms with Crippen LogP contribution in [0.25, 0.3) is 10.8 Å². The van der Waals surface area contributed by atoms with Crippen molar-refractivity contribution in [1.29, 1.82) is 0 Å². The molecule has 4 rings (SSSR count). The van der Waals surface area contributed by atoms with Crippen molar-refractivity contribution in [2.45, 2.75) is 4.90 Å². The van der Waals surface area contributed by atoms with Crippen molar-refractivity contribution < 1.29 is 22.4 Å². The lowest BCUT2D eigenvalue weighted by Crippen LogP contribution is -2.04. The van der Waals surface area contributed by atoms with Crippen LogP contribution in [-0.2, 0) is 10.1 Å². The summed E-state index contributed by atoms with van der Waals surface area (Å²) in [7, 11) is -1.28. The summed E-state index contributed by atoms with van der Waals surface area (Å²) in [6.07, 6.45) is 0. The van der Waals surface area contributed by atoms with Crippen LogP contribution >= 0.6 is 0 Å². The first-order valence-electron chi connectivity index (χ1n) is 9.74. The van der Waals surface area contributed by atoms with Crippen LogP contribution in [0.3, 0.4) is 0 Å². The highest BCUT2D eigenvalue weighted by Gasteiger charge is 2.19. The second kappa shape index (κ2) is 8.78. The molecule has 0 aliphatic carbocycles. The van der Waals surface area contributed by atoms with Gasteiger partial charge in [-0.3, -0.25) is 4.55 Å². The lowest BCUT2D eigenvalue weighted by atomic mass is 10.1. The van der Waals surface area contributed by atoms with Gasteiger partial charge in [0.2, 0.25) is 0 Å². The van der Waals surface area contributed by atoms with Crippen LogP contribution in [0.15, 0.2) is 83.8 Å². The maximum absolute atomic E-state index is 12.2. The van der Waals surface area contributed by atoms with E-state index in [1.807, 2.05) is 42.5 Å². The highest BCUT2D eigenvalue weighted by molar-refractivity contribution is 7.86. The molecular weight excluding hydrogens is 428 g/mol. The Balaban J connectivity index is 1.88. The summed E-state index contributed by atoms with van der Waals surface area (Å²) in [6, 6.07) is 23.0. The highest BCUT2D eigenvalue weighted by Crippen LogP contribution is 2.39. The topological polar surface area (TPSA) is 96.9 Å². The van der Waals surface area contributed by atoms with E-state index in [0.29, 0.717) is 27.9 Å². The molecule has 0 heterocycles. The van der Waals surface area contributed by atoms with Crippen molar-refractivity contribution in [2.75, 3.05) is 24.9 Å². The Labute approximate surface area is 186 Å². The molecule has 4 aromatic rings. The monoisotopic (exact) mass is 450 g/mol. The zero-order valence-electron chi connectivity index (χ0n) is 17.5. The molecule has 0 fully saturated rings. The zero-order valence-corrected chi connectivity index (χ0v) is 18.3. The van der Waals surface area contributed by atoms with Crippen LogP contribution < -0.4 is 20.1 Å². The fraction of sp³-hybridized carbons (Fsp3) is 0.0833. The average Bonchev–Trinajstić information content (AvgIpc) is 2.80. The molecule has 0 aromatic heterocycles. The SMILES string of the molecule is COc1ccc(Nc2ccc3cccc(S(=O)(=O)O)c3c2Nc2ccc(OC)cc2)cc1. The third kappa shape index (κ3) is 4.46. The van der Waals surface area contributed by atoms with Crippen LogP contribution in [0.2, 0.25) is 0 Å². The lowest BCUT2D eigenvalue weighted by molar-refractivity contribution is 0.415. The van der Waals surface area contributed by atoms with Crippen LogP contribution in [0, 0.1) is 0 Å². The van der Waals surface area contributed by atoms with E-state index in [9.17, 15) is 13.0 Å². The Morgan fingerprint density at radius 3 is 1.81 bits per heavy atom. The minimum atomic E-state index is -4.46. The number of rotatable bonds is 7. The lowest BCUT2D eigenvalue weighted by Gasteiger charge is -2.18. The number of anilines is 4. The fourth-order valence-electron chi connectivity index (χ4n) is 3.44. The molecule has 0 aliphatic heterocycles. The molecule has 0 aliphatic rings. The molecule has 0 amide bonds. The van der Waals surface area contributed by atoms with E-state index in [-0.39, 0.29) is 4.90 Å². The van der Waals surface area contributed by atoms with Crippen molar-refractivity contribution in [1.82, 2.24) is 0 Å². The van der Waals surface area contributed by atoms with Crippen molar-refractivity contribution in [3.8, 4) is 11.5 Å². The standard InChI is InChI=1S/C24H22N2O5S/c1-30-19-11-7-17(8-12-19)25-21-15-6-16-4-3-5-22(32(27,28)29)23(16)24(21)26-18-9-13-20(31-2)14-10-18/h3-15,25-26H,1-2H3,(H,27,28,29). The summed E-state index contributed by atoms with van der Waals surface area (Å²) >= 11 is 0. The first-order valence-corrected chi connectivity index (χ1v) is 11.2. The number of methoxy groups -OCH3 is 2. The smallest absolute Gasteiger partial charge is 0.295 e. The van der Waals surface area contributed by atoms with Gasteiger partial charge < -0.3 is 20.1 Å². The number of fused-ring (bicyclic) bond motifs is 1. The van der Waals surface area contributed by atoms with Gasteiger partial charge in [0, 0.05) is 16.8 Å². The maximum atomic E-state index is 12.2. The molecule has 4 aromatic carbocycles. The second-order valence-corrected chi connectivity index (χ2v) is 8.41. The maximum Gasteiger partial charge on any atom is 0.295 e. The van der Waals surface area contributed by atoms with Gasteiger partial charge in [-0.15, -0.1) is 0 Å². The summed E-state index contributed by atoms with van der Waals surface area (Å²) < 4.78 is 44.6. The molecule has 0 atom stereocenters. The van der Waals surface area contributed by atoms with E-state index in [1.165, 1.54) is 6.07 Å². The van der Waals surface area contributed by atoms with Crippen molar-refractivity contribution in [2.24, 2.45) is 0 Å². The molecule has 0 radical (unpaired) electrons. The molecule has 7 nitrogen and oxygen atoms in total. The summed E-state index contributed by atoms with van der Waals surface area (Å²) in [4.78, 5) is -0.176. The minimum absolute atomic E-state index is 0.176. The second-order valence-electron chi connectivity index (χ2n) is 7.02. The van der Waals surface area contributed by atoms with Gasteiger partial charge in [-0.05, 0) is 66.0 Å². The summed E-state index contributed by atoms with van der Waals surface area (Å²) in [5.74, 6) is 1.42. The van der Waals surface area contributed by atoms with Crippen LogP contribution in [0.4, 0.5) is 22.7 Å². The molecule has 0 saturated heterocycles. The van der Waals surface area contributed by atoms with E-state index >= 15 is 0 Å². The molecule has 0 bridgehead atoms. The Hall–Kier alpha value is -3.75. The predicted octanol–water partition coefficient (Wildman–Crippen LogP) is 5.59. The highest BCUT2D eigenvalue weighted by atomic mass is 32.2. The van der Waals surface area contributed by atoms with Crippen molar-refractivity contribution in [3.05, 3.63) is 78.9 Å². The van der Waals surface area contributed by atoms with E-state index in [2.05, 4.69) is 10.6 Å². The molecule has 0 unspecified atom stereocenters. The summed E-state index contributed by atoms with van der Waals surface area (Å²) in [5, 5.41) is 7.66. The van der Waals surface area contributed by atoms with Gasteiger partial charge in [0.1, 0.15) is 16.4 Å². The first kappa shape index (κ1) is 21.5. The van der Waals surface area contributed by atoms with E-state index in [0.717, 1.165) is 17.1 Å². The number of benzene rings is 4. The Kier molecular flexibility index (Phi) is 5.89. The third-order valence-electron chi connectivity index (χ3n) is 5.01. The number of ether oxygens (including phenoxy) is 2. The van der Waals surface area contributed by atoms with Crippen LogP contribution in [0.5, 0.6) is 11.5 Å². The normalized spacial score (nSPS) is 11.2.